The highest BCUT2D eigenvalue weighted by Crippen LogP contribution is 1.78. The maximum absolute atomic E-state index is 10.2. The Kier molecular flexibility index (Phi) is 3.74. The van der Waals surface area contributed by atoms with Crippen LogP contribution in [0.15, 0.2) is 0 Å². The molecule has 0 aromatic rings. The highest BCUT2D eigenvalue weighted by Gasteiger charge is 2.03. The second kappa shape index (κ2) is 4.11. The molecule has 0 spiro atoms. The van der Waals surface area contributed by atoms with E-state index >= 15 is 0 Å². The van der Waals surface area contributed by atoms with Gasteiger partial charge in [-0.3, -0.25) is 14.8 Å². The number of ketones is 1. The van der Waals surface area contributed by atoms with E-state index in [4.69, 9.17) is 5.21 Å². The number of hydrogen-bond acceptors (Lipinski definition) is 4. The standard InChI is InChI=1S/C4H5NO3S/c6-3(2-9)1-4(7)5-8/h2,8H,1H2,(H,5,7). The van der Waals surface area contributed by atoms with Gasteiger partial charge in [0.1, 0.15) is 0 Å². The molecule has 0 saturated carbocycles. The Labute approximate surface area is 56.8 Å². The fraction of sp³-hybridized carbons (Fsp3) is 0.250. The molecule has 0 aliphatic heterocycles. The summed E-state index contributed by atoms with van der Waals surface area (Å²) in [6.45, 7) is 0. The molecule has 0 rings (SSSR count). The minimum atomic E-state index is -0.749. The number of rotatable bonds is 3. The number of Topliss-reactive ketones (excluding diaryl/α,β-unsaturated/α-hetero) is 1. The van der Waals surface area contributed by atoms with Crippen LogP contribution in [0.1, 0.15) is 6.42 Å². The maximum atomic E-state index is 10.2. The highest BCUT2D eigenvalue weighted by atomic mass is 32.1. The van der Waals surface area contributed by atoms with Gasteiger partial charge in [0.2, 0.25) is 0 Å². The maximum Gasteiger partial charge on any atom is 0.251 e. The molecule has 4 nitrogen and oxygen atoms in total. The van der Waals surface area contributed by atoms with Gasteiger partial charge in [-0.05, 0) is 0 Å². The zero-order valence-corrected chi connectivity index (χ0v) is 5.27. The fourth-order valence-electron chi connectivity index (χ4n) is 0.239. The second-order valence-corrected chi connectivity index (χ2v) is 1.53. The summed E-state index contributed by atoms with van der Waals surface area (Å²) in [4.78, 5) is 20.4. The predicted octanol–water partition coefficient (Wildman–Crippen LogP) is -0.549. The summed E-state index contributed by atoms with van der Waals surface area (Å²) in [5.41, 5.74) is 1.30. The van der Waals surface area contributed by atoms with E-state index in [0.717, 1.165) is 5.37 Å². The van der Waals surface area contributed by atoms with Crippen molar-refractivity contribution < 1.29 is 14.8 Å². The average molecular weight is 147 g/mol. The van der Waals surface area contributed by atoms with Gasteiger partial charge in [-0.1, -0.05) is 12.2 Å². The molecule has 5 heteroatoms. The zero-order chi connectivity index (χ0) is 7.28. The van der Waals surface area contributed by atoms with Crippen LogP contribution in [-0.4, -0.2) is 22.3 Å². The molecule has 0 aromatic heterocycles. The van der Waals surface area contributed by atoms with Crippen LogP contribution in [0.4, 0.5) is 0 Å². The smallest absolute Gasteiger partial charge is 0.251 e. The van der Waals surface area contributed by atoms with Gasteiger partial charge >= 0.3 is 0 Å². The largest absolute Gasteiger partial charge is 0.293 e. The van der Waals surface area contributed by atoms with Gasteiger partial charge in [0.25, 0.3) is 5.91 Å². The number of carbonyl (C=O) groups excluding carboxylic acids is 2. The van der Waals surface area contributed by atoms with Crippen LogP contribution in [0.5, 0.6) is 0 Å². The first-order chi connectivity index (χ1) is 4.20. The third-order valence-corrected chi connectivity index (χ3v) is 0.854. The Hall–Kier alpha value is -0.810. The molecule has 1 amide bonds. The molecule has 0 radical (unpaired) electrons. The molecule has 50 valence electrons. The normalized spacial score (nSPS) is 8.11. The van der Waals surface area contributed by atoms with Crippen molar-refractivity contribution >= 4 is 29.3 Å². The summed E-state index contributed by atoms with van der Waals surface area (Å²) in [6.07, 6.45) is -0.389. The zero-order valence-electron chi connectivity index (χ0n) is 4.46. The van der Waals surface area contributed by atoms with Crippen LogP contribution < -0.4 is 5.48 Å². The first-order valence-electron chi connectivity index (χ1n) is 2.11. The lowest BCUT2D eigenvalue weighted by atomic mass is 10.3. The SMILES string of the molecule is O=C(C=S)CC(=O)NO. The van der Waals surface area contributed by atoms with Crippen LogP contribution in [0.25, 0.3) is 0 Å². The van der Waals surface area contributed by atoms with E-state index in [1.807, 2.05) is 0 Å². The van der Waals surface area contributed by atoms with Crippen molar-refractivity contribution in [3.8, 4) is 0 Å². The Balaban J connectivity index is 3.59. The number of thiocarbonyl (C=S) groups is 1. The van der Waals surface area contributed by atoms with Crippen molar-refractivity contribution in [1.29, 1.82) is 0 Å². The van der Waals surface area contributed by atoms with Crippen LogP contribution >= 0.6 is 12.2 Å². The number of hydroxylamine groups is 1. The molecule has 0 heterocycles. The molecule has 0 aliphatic carbocycles. The third kappa shape index (κ3) is 3.75. The lowest BCUT2D eigenvalue weighted by Gasteiger charge is -1.90. The summed E-state index contributed by atoms with van der Waals surface area (Å²) in [7, 11) is 0. The Morgan fingerprint density at radius 2 is 2.22 bits per heavy atom. The summed E-state index contributed by atoms with van der Waals surface area (Å²) >= 11 is 4.20. The summed E-state index contributed by atoms with van der Waals surface area (Å²) in [5, 5.41) is 8.74. The van der Waals surface area contributed by atoms with Gasteiger partial charge in [-0.15, -0.1) is 0 Å². The first-order valence-corrected chi connectivity index (χ1v) is 2.58. The van der Waals surface area contributed by atoms with Crippen molar-refractivity contribution in [2.45, 2.75) is 6.42 Å². The van der Waals surface area contributed by atoms with Crippen molar-refractivity contribution in [2.75, 3.05) is 0 Å². The van der Waals surface area contributed by atoms with E-state index in [-0.39, 0.29) is 6.42 Å². The summed E-state index contributed by atoms with van der Waals surface area (Å²) in [5.74, 6) is -1.24. The number of nitrogens with one attached hydrogen (secondary N) is 1. The van der Waals surface area contributed by atoms with Gasteiger partial charge in [-0.25, -0.2) is 5.48 Å². The molecule has 0 saturated heterocycles. The first kappa shape index (κ1) is 8.19. The number of amides is 1. The van der Waals surface area contributed by atoms with E-state index < -0.39 is 11.7 Å². The van der Waals surface area contributed by atoms with Gasteiger partial charge in [0.15, 0.2) is 5.78 Å². The Bertz CT molecular complexity index is 145. The topological polar surface area (TPSA) is 66.4 Å². The van der Waals surface area contributed by atoms with Gasteiger partial charge in [0.05, 0.1) is 6.42 Å². The van der Waals surface area contributed by atoms with Crippen LogP contribution in [-0.2, 0) is 9.59 Å². The lowest BCUT2D eigenvalue weighted by Crippen LogP contribution is -2.21. The van der Waals surface area contributed by atoms with Gasteiger partial charge < -0.3 is 0 Å². The molecular formula is C4H5NO3S. The average Bonchev–Trinajstić information content (AvgIpc) is 1.87. The van der Waals surface area contributed by atoms with E-state index in [2.05, 4.69) is 12.2 Å². The second-order valence-electron chi connectivity index (χ2n) is 1.30. The molecule has 0 aliphatic rings. The highest BCUT2D eigenvalue weighted by molar-refractivity contribution is 7.80. The quantitative estimate of drug-likeness (QED) is 0.243. The third-order valence-electron chi connectivity index (χ3n) is 0.591. The van der Waals surface area contributed by atoms with E-state index in [9.17, 15) is 9.59 Å². The molecule has 0 atom stereocenters. The van der Waals surface area contributed by atoms with E-state index in [1.54, 1.807) is 0 Å². The minimum absolute atomic E-state index is 0.389. The summed E-state index contributed by atoms with van der Waals surface area (Å²) in [6, 6.07) is 0. The number of carbonyl (C=O) groups is 2. The van der Waals surface area contributed by atoms with E-state index in [0.29, 0.717) is 0 Å². The molecule has 2 N–H and O–H groups in total. The van der Waals surface area contributed by atoms with Crippen LogP contribution in [0.3, 0.4) is 0 Å². The molecule has 0 fully saturated rings. The predicted molar refractivity (Wildman–Crippen MR) is 33.2 cm³/mol. The van der Waals surface area contributed by atoms with Gasteiger partial charge in [-0.2, -0.15) is 0 Å². The summed E-state index contributed by atoms with van der Waals surface area (Å²) < 4.78 is 0. The van der Waals surface area contributed by atoms with Crippen molar-refractivity contribution in [2.24, 2.45) is 0 Å². The fourth-order valence-corrected chi connectivity index (χ4v) is 0.323. The lowest BCUT2D eigenvalue weighted by molar-refractivity contribution is -0.131. The van der Waals surface area contributed by atoms with Crippen molar-refractivity contribution in [3.05, 3.63) is 0 Å². The van der Waals surface area contributed by atoms with E-state index in [1.165, 1.54) is 5.48 Å². The molecule has 9 heavy (non-hydrogen) atoms. The molecule has 0 unspecified atom stereocenters. The molecular weight excluding hydrogens is 142 g/mol. The van der Waals surface area contributed by atoms with Crippen LogP contribution in [0, 0.1) is 0 Å². The minimum Gasteiger partial charge on any atom is -0.293 e. The number of hydrogen-bond donors (Lipinski definition) is 2. The Morgan fingerprint density at radius 3 is 2.56 bits per heavy atom. The van der Waals surface area contributed by atoms with Crippen LogP contribution in [0.2, 0.25) is 0 Å². The van der Waals surface area contributed by atoms with Crippen molar-refractivity contribution in [1.82, 2.24) is 5.48 Å². The monoisotopic (exact) mass is 147 g/mol. The molecule has 0 bridgehead atoms. The van der Waals surface area contributed by atoms with Gasteiger partial charge in [0, 0.05) is 5.37 Å². The van der Waals surface area contributed by atoms with Crippen molar-refractivity contribution in [3.63, 3.8) is 0 Å². The molecule has 0 aromatic carbocycles. The Morgan fingerprint density at radius 1 is 1.67 bits per heavy atom.